The lowest BCUT2D eigenvalue weighted by Gasteiger charge is -2.39. The van der Waals surface area contributed by atoms with E-state index in [4.69, 9.17) is 0 Å². The van der Waals surface area contributed by atoms with E-state index in [0.717, 1.165) is 22.4 Å². The first-order valence-corrected chi connectivity index (χ1v) is 9.86. The molecule has 0 unspecified atom stereocenters. The van der Waals surface area contributed by atoms with Gasteiger partial charge in [-0.2, -0.15) is 0 Å². The van der Waals surface area contributed by atoms with Crippen LogP contribution < -0.4 is 4.90 Å². The zero-order valence-corrected chi connectivity index (χ0v) is 16.7. The predicted molar refractivity (Wildman–Crippen MR) is 116 cm³/mol. The highest BCUT2D eigenvalue weighted by Gasteiger charge is 2.33. The number of hydrogen-bond acceptors (Lipinski definition) is 2. The molecule has 0 aromatic heterocycles. The molecule has 1 aliphatic rings. The molecule has 4 nitrogen and oxygen atoms in total. The molecule has 4 heteroatoms. The van der Waals surface area contributed by atoms with Crippen molar-refractivity contribution in [1.82, 2.24) is 4.90 Å². The summed E-state index contributed by atoms with van der Waals surface area (Å²) in [7, 11) is 0. The van der Waals surface area contributed by atoms with Gasteiger partial charge in [0.15, 0.2) is 0 Å². The summed E-state index contributed by atoms with van der Waals surface area (Å²) in [6, 6.07) is 25.4. The summed E-state index contributed by atoms with van der Waals surface area (Å²) >= 11 is 0. The van der Waals surface area contributed by atoms with Crippen molar-refractivity contribution < 1.29 is 9.59 Å². The van der Waals surface area contributed by atoms with Crippen LogP contribution in [0.2, 0.25) is 0 Å². The third kappa shape index (κ3) is 3.92. The first kappa shape index (κ1) is 18.9. The van der Waals surface area contributed by atoms with Crippen LogP contribution in [0, 0.1) is 6.92 Å². The molecule has 146 valence electrons. The second-order valence-corrected chi connectivity index (χ2v) is 7.57. The van der Waals surface area contributed by atoms with Crippen molar-refractivity contribution in [2.75, 3.05) is 18.0 Å². The summed E-state index contributed by atoms with van der Waals surface area (Å²) in [5.41, 5.74) is 4.67. The first-order valence-electron chi connectivity index (χ1n) is 9.86. The van der Waals surface area contributed by atoms with E-state index in [9.17, 15) is 9.59 Å². The molecule has 0 saturated carbocycles. The molecule has 1 fully saturated rings. The number of nitrogens with zero attached hydrogens (tertiary/aromatic N) is 2. The molecular weight excluding hydrogens is 360 g/mol. The van der Waals surface area contributed by atoms with Gasteiger partial charge in [0.2, 0.25) is 5.91 Å². The van der Waals surface area contributed by atoms with Crippen molar-refractivity contribution in [3.63, 3.8) is 0 Å². The van der Waals surface area contributed by atoms with Crippen LogP contribution in [0.15, 0.2) is 78.9 Å². The van der Waals surface area contributed by atoms with E-state index in [1.54, 1.807) is 9.80 Å². The number of carbonyl (C=O) groups excluding carboxylic acids is 2. The van der Waals surface area contributed by atoms with Gasteiger partial charge < -0.3 is 9.80 Å². The number of rotatable bonds is 3. The average molecular weight is 384 g/mol. The van der Waals surface area contributed by atoms with Gasteiger partial charge >= 0.3 is 0 Å². The molecule has 29 heavy (non-hydrogen) atoms. The van der Waals surface area contributed by atoms with Crippen molar-refractivity contribution in [2.24, 2.45) is 0 Å². The molecule has 4 rings (SSSR count). The topological polar surface area (TPSA) is 40.6 Å². The average Bonchev–Trinajstić information content (AvgIpc) is 2.75. The normalized spacial score (nSPS) is 16.8. The van der Waals surface area contributed by atoms with Gasteiger partial charge in [-0.3, -0.25) is 9.59 Å². The van der Waals surface area contributed by atoms with Gasteiger partial charge in [0.25, 0.3) is 5.91 Å². The third-order valence-electron chi connectivity index (χ3n) is 5.38. The number of amides is 2. The van der Waals surface area contributed by atoms with Gasteiger partial charge in [-0.15, -0.1) is 0 Å². The summed E-state index contributed by atoms with van der Waals surface area (Å²) in [5, 5.41) is 0. The minimum atomic E-state index is -0.104. The number of hydrogen-bond donors (Lipinski definition) is 0. The predicted octanol–water partition coefficient (Wildman–Crippen LogP) is 4.54. The quantitative estimate of drug-likeness (QED) is 0.665. The SMILES string of the molecule is Cc1cccc(N2C[C@H](C)N(C(=O)c3cccc(-c4ccccc4)c3)CC2=O)c1. The minimum absolute atomic E-state index is 0.0544. The van der Waals surface area contributed by atoms with Crippen LogP contribution in [0.1, 0.15) is 22.8 Å². The van der Waals surface area contributed by atoms with E-state index in [1.807, 2.05) is 92.7 Å². The van der Waals surface area contributed by atoms with Crippen molar-refractivity contribution in [2.45, 2.75) is 19.9 Å². The Labute approximate surface area is 171 Å². The molecule has 0 aliphatic carbocycles. The molecule has 0 spiro atoms. The van der Waals surface area contributed by atoms with Crippen LogP contribution in [-0.2, 0) is 4.79 Å². The number of anilines is 1. The molecule has 0 N–H and O–H groups in total. The number of piperazine rings is 1. The van der Waals surface area contributed by atoms with Crippen LogP contribution in [0.5, 0.6) is 0 Å². The fraction of sp³-hybridized carbons (Fsp3) is 0.200. The molecule has 3 aromatic rings. The zero-order valence-electron chi connectivity index (χ0n) is 16.7. The van der Waals surface area contributed by atoms with E-state index in [-0.39, 0.29) is 24.4 Å². The first-order chi connectivity index (χ1) is 14.0. The van der Waals surface area contributed by atoms with Crippen LogP contribution in [-0.4, -0.2) is 35.8 Å². The fourth-order valence-electron chi connectivity index (χ4n) is 3.80. The van der Waals surface area contributed by atoms with Crippen molar-refractivity contribution in [1.29, 1.82) is 0 Å². The summed E-state index contributed by atoms with van der Waals surface area (Å²) in [5.74, 6) is -0.159. The van der Waals surface area contributed by atoms with Crippen LogP contribution in [0.25, 0.3) is 11.1 Å². The number of benzene rings is 3. The summed E-state index contributed by atoms with van der Waals surface area (Å²) in [4.78, 5) is 29.5. The number of carbonyl (C=O) groups is 2. The lowest BCUT2D eigenvalue weighted by atomic mass is 10.0. The Morgan fingerprint density at radius 1 is 0.897 bits per heavy atom. The van der Waals surface area contributed by atoms with Gasteiger partial charge in [-0.1, -0.05) is 54.6 Å². The smallest absolute Gasteiger partial charge is 0.254 e. The molecule has 3 aromatic carbocycles. The maximum absolute atomic E-state index is 13.2. The van der Waals surface area contributed by atoms with Crippen molar-refractivity contribution in [3.8, 4) is 11.1 Å². The third-order valence-corrected chi connectivity index (χ3v) is 5.38. The second kappa shape index (κ2) is 7.92. The Morgan fingerprint density at radius 2 is 1.62 bits per heavy atom. The van der Waals surface area contributed by atoms with Crippen molar-refractivity contribution in [3.05, 3.63) is 90.0 Å². The highest BCUT2D eigenvalue weighted by Crippen LogP contribution is 2.24. The standard InChI is InChI=1S/C25H24N2O2/c1-18-8-6-13-23(14-18)27-16-19(2)26(17-24(27)28)25(29)22-12-7-11-21(15-22)20-9-4-3-5-10-20/h3-15,19H,16-17H2,1-2H3/t19-/m0/s1. The van der Waals surface area contributed by atoms with E-state index in [1.165, 1.54) is 0 Å². The van der Waals surface area contributed by atoms with E-state index in [0.29, 0.717) is 12.1 Å². The maximum atomic E-state index is 13.2. The Morgan fingerprint density at radius 3 is 2.38 bits per heavy atom. The number of aryl methyl sites for hydroxylation is 1. The molecule has 0 radical (unpaired) electrons. The van der Waals surface area contributed by atoms with Gasteiger partial charge in [-0.05, 0) is 54.8 Å². The molecule has 2 amide bonds. The monoisotopic (exact) mass is 384 g/mol. The Hall–Kier alpha value is -3.40. The van der Waals surface area contributed by atoms with E-state index >= 15 is 0 Å². The molecular formula is C25H24N2O2. The van der Waals surface area contributed by atoms with E-state index < -0.39 is 0 Å². The maximum Gasteiger partial charge on any atom is 0.254 e. The second-order valence-electron chi connectivity index (χ2n) is 7.57. The highest BCUT2D eigenvalue weighted by molar-refractivity contribution is 6.02. The van der Waals surface area contributed by atoms with Crippen LogP contribution in [0.4, 0.5) is 5.69 Å². The highest BCUT2D eigenvalue weighted by atomic mass is 16.2. The molecule has 0 bridgehead atoms. The van der Waals surface area contributed by atoms with E-state index in [2.05, 4.69) is 0 Å². The summed E-state index contributed by atoms with van der Waals surface area (Å²) in [6.45, 7) is 4.58. The molecule has 1 aliphatic heterocycles. The van der Waals surface area contributed by atoms with Gasteiger partial charge in [-0.25, -0.2) is 0 Å². The van der Waals surface area contributed by atoms with Crippen LogP contribution in [0.3, 0.4) is 0 Å². The molecule has 1 heterocycles. The minimum Gasteiger partial charge on any atom is -0.325 e. The Balaban J connectivity index is 1.55. The lowest BCUT2D eigenvalue weighted by Crippen LogP contribution is -2.57. The van der Waals surface area contributed by atoms with Crippen molar-refractivity contribution >= 4 is 17.5 Å². The summed E-state index contributed by atoms with van der Waals surface area (Å²) < 4.78 is 0. The lowest BCUT2D eigenvalue weighted by molar-refractivity contribution is -0.121. The molecule has 1 saturated heterocycles. The Kier molecular flexibility index (Phi) is 5.17. The summed E-state index contributed by atoms with van der Waals surface area (Å²) in [6.07, 6.45) is 0. The van der Waals surface area contributed by atoms with Gasteiger partial charge in [0, 0.05) is 23.8 Å². The van der Waals surface area contributed by atoms with Gasteiger partial charge in [0.1, 0.15) is 6.54 Å². The van der Waals surface area contributed by atoms with Gasteiger partial charge in [0.05, 0.1) is 0 Å². The Bertz CT molecular complexity index is 1050. The fourth-order valence-corrected chi connectivity index (χ4v) is 3.80. The zero-order chi connectivity index (χ0) is 20.4. The molecule has 1 atom stereocenters. The largest absolute Gasteiger partial charge is 0.325 e. The van der Waals surface area contributed by atoms with Crippen LogP contribution >= 0.6 is 0 Å².